The average molecular weight is 508 g/mol. The van der Waals surface area contributed by atoms with Crippen LogP contribution in [-0.2, 0) is 19.1 Å². The Kier molecular flexibility index (Phi) is 8.62. The smallest absolute Gasteiger partial charge is 0.309 e. The first-order chi connectivity index (χ1) is 16.2. The zero-order valence-corrected chi connectivity index (χ0v) is 22.9. The highest BCUT2D eigenvalue weighted by Crippen LogP contribution is 2.45. The van der Waals surface area contributed by atoms with Crippen molar-refractivity contribution in [3.8, 4) is 0 Å². The van der Waals surface area contributed by atoms with Gasteiger partial charge in [-0.3, -0.25) is 9.59 Å². The van der Waals surface area contributed by atoms with Gasteiger partial charge in [0.2, 0.25) is 0 Å². The second-order valence-electron chi connectivity index (χ2n) is 11.3. The minimum absolute atomic E-state index is 0.0455. The number of cyclic esters (lactones) is 1. The fourth-order valence-electron chi connectivity index (χ4n) is 5.07. The molecule has 2 aliphatic rings. The zero-order valence-electron chi connectivity index (χ0n) is 22.0. The maximum Gasteiger partial charge on any atom is 0.309 e. The van der Waals surface area contributed by atoms with Crippen LogP contribution in [0, 0.1) is 24.2 Å². The Morgan fingerprint density at radius 3 is 2.54 bits per heavy atom. The molecule has 0 radical (unpaired) electrons. The zero-order chi connectivity index (χ0) is 26.1. The Morgan fingerprint density at radius 1 is 1.23 bits per heavy atom. The number of hydrogen-bond donors (Lipinski definition) is 2. The Bertz CT molecular complexity index is 955. The minimum Gasteiger partial charge on any atom is -0.458 e. The van der Waals surface area contributed by atoms with Crippen molar-refractivity contribution in [2.24, 2.45) is 17.3 Å². The first-order valence-corrected chi connectivity index (χ1v) is 13.5. The SMILES string of the molecule is C/C(=C\c1csc(C)n1)[C@@H]1C[C@@H]2O[C@]2(C)CCC[C@H](C)[C@@H](O)[C@@H](C)C(=O)C(C)(C)[C@@H](O)CC(=O)O1. The molecule has 2 fully saturated rings. The first kappa shape index (κ1) is 28.0. The molecular formula is C27H41NO6S. The van der Waals surface area contributed by atoms with Crippen LogP contribution in [0.4, 0.5) is 0 Å². The summed E-state index contributed by atoms with van der Waals surface area (Å²) in [7, 11) is 0. The molecule has 0 aliphatic carbocycles. The van der Waals surface area contributed by atoms with Gasteiger partial charge in [0.25, 0.3) is 0 Å². The van der Waals surface area contributed by atoms with E-state index in [1.807, 2.05) is 32.2 Å². The molecule has 1 aromatic heterocycles. The minimum atomic E-state index is -1.23. The molecule has 0 amide bonds. The van der Waals surface area contributed by atoms with Gasteiger partial charge in [0.05, 0.1) is 46.5 Å². The largest absolute Gasteiger partial charge is 0.458 e. The second-order valence-corrected chi connectivity index (χ2v) is 12.3. The number of Topliss-reactive ketones (excluding diaryl/α,β-unsaturated/α-hetero) is 1. The quantitative estimate of drug-likeness (QED) is 0.449. The fraction of sp³-hybridized carbons (Fsp3) is 0.741. The molecule has 2 aliphatic heterocycles. The van der Waals surface area contributed by atoms with Crippen LogP contribution in [0.15, 0.2) is 11.0 Å². The Morgan fingerprint density at radius 2 is 1.91 bits per heavy atom. The standard InChI is InChI=1S/C27H41NO6S/c1-15-9-8-10-27(7)22(34-27)12-20(16(2)11-19-14-35-18(4)28-19)33-23(30)13-21(29)26(5,6)25(32)17(3)24(15)31/h11,14-15,17,20-22,24,29,31H,8-10,12-13H2,1-7H3/b16-11+/t15-,17+,20-,21-,22-,24+,27+/m0/s1. The number of ether oxygens (including phenoxy) is 2. The maximum absolute atomic E-state index is 13.2. The van der Waals surface area contributed by atoms with E-state index in [2.05, 4.69) is 11.9 Å². The third-order valence-corrected chi connectivity index (χ3v) is 8.72. The van der Waals surface area contributed by atoms with Gasteiger partial charge in [-0.15, -0.1) is 11.3 Å². The van der Waals surface area contributed by atoms with Crippen LogP contribution in [0.3, 0.4) is 0 Å². The molecule has 0 spiro atoms. The van der Waals surface area contributed by atoms with Gasteiger partial charge >= 0.3 is 5.97 Å². The van der Waals surface area contributed by atoms with Crippen LogP contribution in [0.5, 0.6) is 0 Å². The Hall–Kier alpha value is -1.61. The van der Waals surface area contributed by atoms with Crippen molar-refractivity contribution in [1.29, 1.82) is 0 Å². The maximum atomic E-state index is 13.2. The summed E-state index contributed by atoms with van der Waals surface area (Å²) in [5, 5.41) is 24.6. The van der Waals surface area contributed by atoms with Crippen molar-refractivity contribution in [3.05, 3.63) is 21.7 Å². The number of aryl methyl sites for hydroxylation is 1. The summed E-state index contributed by atoms with van der Waals surface area (Å²) < 4.78 is 11.9. The van der Waals surface area contributed by atoms with Gasteiger partial charge < -0.3 is 19.7 Å². The van der Waals surface area contributed by atoms with E-state index in [1.54, 1.807) is 32.1 Å². The topological polar surface area (TPSA) is 109 Å². The van der Waals surface area contributed by atoms with Crippen molar-refractivity contribution in [2.75, 3.05) is 0 Å². The normalized spacial score (nSPS) is 37.5. The van der Waals surface area contributed by atoms with Gasteiger partial charge in [-0.05, 0) is 51.2 Å². The summed E-state index contributed by atoms with van der Waals surface area (Å²) in [5.74, 6) is -1.55. The average Bonchev–Trinajstić information content (AvgIpc) is 3.22. The number of thiazole rings is 1. The monoisotopic (exact) mass is 507 g/mol. The molecule has 1 aromatic rings. The fourth-order valence-corrected chi connectivity index (χ4v) is 5.64. The van der Waals surface area contributed by atoms with Crippen LogP contribution in [0.1, 0.15) is 84.3 Å². The van der Waals surface area contributed by atoms with Gasteiger partial charge in [-0.2, -0.15) is 0 Å². The molecule has 3 rings (SSSR count). The number of carbonyl (C=O) groups is 2. The van der Waals surface area contributed by atoms with Crippen molar-refractivity contribution in [1.82, 2.24) is 4.98 Å². The van der Waals surface area contributed by atoms with Gasteiger partial charge in [0, 0.05) is 17.7 Å². The molecule has 0 unspecified atom stereocenters. The molecule has 7 atom stereocenters. The Balaban J connectivity index is 1.85. The van der Waals surface area contributed by atoms with Crippen LogP contribution < -0.4 is 0 Å². The number of aliphatic hydroxyl groups is 2. The lowest BCUT2D eigenvalue weighted by Gasteiger charge is -2.34. The predicted molar refractivity (Wildman–Crippen MR) is 136 cm³/mol. The van der Waals surface area contributed by atoms with Crippen molar-refractivity contribution in [3.63, 3.8) is 0 Å². The molecule has 3 heterocycles. The summed E-state index contributed by atoms with van der Waals surface area (Å²) in [6, 6.07) is 0. The molecule has 2 N–H and O–H groups in total. The lowest BCUT2D eigenvalue weighted by atomic mass is 9.73. The van der Waals surface area contributed by atoms with Crippen molar-refractivity contribution >= 4 is 29.2 Å². The summed E-state index contributed by atoms with van der Waals surface area (Å²) in [6.07, 6.45) is 1.98. The lowest BCUT2D eigenvalue weighted by molar-refractivity contribution is -0.154. The molecule has 2 saturated heterocycles. The Labute approximate surface area is 212 Å². The number of ketones is 1. The van der Waals surface area contributed by atoms with Crippen molar-refractivity contribution < 1.29 is 29.3 Å². The molecule has 35 heavy (non-hydrogen) atoms. The third kappa shape index (κ3) is 6.59. The number of fused-ring (bicyclic) bond motifs is 1. The highest BCUT2D eigenvalue weighted by Gasteiger charge is 2.53. The van der Waals surface area contributed by atoms with Crippen molar-refractivity contribution in [2.45, 2.75) is 111 Å². The van der Waals surface area contributed by atoms with Gasteiger partial charge in [0.1, 0.15) is 11.9 Å². The predicted octanol–water partition coefficient (Wildman–Crippen LogP) is 4.48. The molecule has 0 bridgehead atoms. The summed E-state index contributed by atoms with van der Waals surface area (Å²) >= 11 is 1.56. The van der Waals surface area contributed by atoms with E-state index in [4.69, 9.17) is 9.47 Å². The lowest BCUT2D eigenvalue weighted by Crippen LogP contribution is -2.45. The van der Waals surface area contributed by atoms with E-state index in [0.29, 0.717) is 6.42 Å². The van der Waals surface area contributed by atoms with E-state index in [-0.39, 0.29) is 29.8 Å². The van der Waals surface area contributed by atoms with Crippen LogP contribution in [-0.4, -0.2) is 57.0 Å². The van der Waals surface area contributed by atoms with E-state index < -0.39 is 35.6 Å². The first-order valence-electron chi connectivity index (χ1n) is 12.6. The number of rotatable bonds is 2. The van der Waals surface area contributed by atoms with E-state index >= 15 is 0 Å². The highest BCUT2D eigenvalue weighted by atomic mass is 32.1. The van der Waals surface area contributed by atoms with Crippen LogP contribution in [0.25, 0.3) is 6.08 Å². The number of carbonyl (C=O) groups excluding carboxylic acids is 2. The molecule has 8 heteroatoms. The van der Waals surface area contributed by atoms with Gasteiger partial charge in [-0.25, -0.2) is 4.98 Å². The third-order valence-electron chi connectivity index (χ3n) is 7.93. The van der Waals surface area contributed by atoms with Crippen LogP contribution >= 0.6 is 11.3 Å². The molecule has 7 nitrogen and oxygen atoms in total. The van der Waals surface area contributed by atoms with Gasteiger partial charge in [0.15, 0.2) is 0 Å². The second kappa shape index (κ2) is 10.8. The number of epoxide rings is 1. The number of nitrogens with zero attached hydrogens (tertiary/aromatic N) is 1. The number of esters is 1. The molecule has 0 saturated carbocycles. The number of aromatic nitrogens is 1. The molecule has 196 valence electrons. The summed E-state index contributed by atoms with van der Waals surface area (Å²) in [6.45, 7) is 12.8. The van der Waals surface area contributed by atoms with Crippen LogP contribution in [0.2, 0.25) is 0 Å². The van der Waals surface area contributed by atoms with E-state index in [1.165, 1.54) is 0 Å². The van der Waals surface area contributed by atoms with E-state index in [0.717, 1.165) is 35.5 Å². The van der Waals surface area contributed by atoms with E-state index in [9.17, 15) is 19.8 Å². The van der Waals surface area contributed by atoms with Gasteiger partial charge in [-0.1, -0.05) is 34.1 Å². The summed E-state index contributed by atoms with van der Waals surface area (Å²) in [5.41, 5.74) is 0.179. The molecule has 0 aromatic carbocycles. The highest BCUT2D eigenvalue weighted by molar-refractivity contribution is 7.09. The number of aliphatic hydroxyl groups excluding tert-OH is 2. The molecular weight excluding hydrogens is 466 g/mol. The summed E-state index contributed by atoms with van der Waals surface area (Å²) in [4.78, 5) is 30.6. The number of hydrogen-bond acceptors (Lipinski definition) is 8.